The molecule has 7 rings (SSSR count). The molecule has 3 fully saturated rings. The van der Waals surface area contributed by atoms with Crippen molar-refractivity contribution in [3.8, 4) is 86.7 Å². The van der Waals surface area contributed by atoms with Gasteiger partial charge >= 0.3 is 0 Å². The molecule has 7 amide bonds. The average Bonchev–Trinajstić information content (AvgIpc) is 1.86. The van der Waals surface area contributed by atoms with Crippen molar-refractivity contribution in [2.45, 2.75) is 111 Å². The van der Waals surface area contributed by atoms with Crippen LogP contribution in [0.15, 0.2) is 59.8 Å². The maximum absolute atomic E-state index is 14.6. The van der Waals surface area contributed by atoms with E-state index < -0.39 is 187 Å². The zero-order valence-electron chi connectivity index (χ0n) is 46.8. The quantitative estimate of drug-likeness (QED) is 0.0260. The van der Waals surface area contributed by atoms with Crippen molar-refractivity contribution in [3.05, 3.63) is 77.4 Å². The van der Waals surface area contributed by atoms with Gasteiger partial charge in [-0.3, -0.25) is 33.6 Å². The smallest absolute Gasteiger partial charge is 0.251 e. The van der Waals surface area contributed by atoms with Crippen LogP contribution in [0.2, 0.25) is 0 Å². The number of benzene rings is 2. The molecule has 0 spiro atoms. The van der Waals surface area contributed by atoms with E-state index in [4.69, 9.17) is 18.3 Å². The van der Waals surface area contributed by atoms with Crippen molar-refractivity contribution in [1.82, 2.24) is 56.4 Å². The number of hydrogen-bond acceptors (Lipinski definition) is 22. The van der Waals surface area contributed by atoms with Crippen LogP contribution >= 0.6 is 11.3 Å². The molecule has 0 aliphatic carbocycles. The molecule has 14 atom stereocenters. The third kappa shape index (κ3) is 16.9. The van der Waals surface area contributed by atoms with Gasteiger partial charge in [0, 0.05) is 85.7 Å². The monoisotopic (exact) mass is 1260 g/mol. The third-order valence-corrected chi connectivity index (χ3v) is 15.9. The first-order valence-electron chi connectivity index (χ1n) is 26.7. The number of nitrogens with one attached hydrogen (secondary N) is 5. The minimum Gasteiger partial charge on any atom is -0.507 e. The van der Waals surface area contributed by atoms with Gasteiger partial charge in [-0.15, -0.1) is 16.6 Å². The Bertz CT molecular complexity index is 3730. The van der Waals surface area contributed by atoms with Crippen LogP contribution in [0.4, 0.5) is 0 Å². The zero-order chi connectivity index (χ0) is 64.6. The van der Waals surface area contributed by atoms with Gasteiger partial charge in [0.25, 0.3) is 5.91 Å². The van der Waals surface area contributed by atoms with Crippen LogP contribution in [-0.2, 0) is 55.6 Å². The Kier molecular flexibility index (Phi) is 23.2. The van der Waals surface area contributed by atoms with E-state index in [9.17, 15) is 73.5 Å². The highest BCUT2D eigenvalue weighted by Gasteiger charge is 2.50. The number of aliphatic hydroxyl groups excluding tert-OH is 6. The molecule has 89 heavy (non-hydrogen) atoms. The molecule has 2 aromatic carbocycles. The second kappa shape index (κ2) is 30.8. The Morgan fingerprint density at radius 2 is 1.48 bits per heavy atom. The topological polar surface area (TPSA) is 431 Å². The summed E-state index contributed by atoms with van der Waals surface area (Å²) in [5.74, 6) is 9.62. The van der Waals surface area contributed by atoms with E-state index in [1.54, 1.807) is 6.20 Å². The fourth-order valence-electron chi connectivity index (χ4n) is 9.59. The number of aromatic nitrogens is 4. The highest BCUT2D eigenvalue weighted by atomic mass is 32.2. The predicted molar refractivity (Wildman–Crippen MR) is 308 cm³/mol. The first kappa shape index (κ1) is 66.9. The molecule has 5 heterocycles. The van der Waals surface area contributed by atoms with Crippen LogP contribution in [0.3, 0.4) is 0 Å². The number of terminal acetylenes is 1. The number of hydrogen-bond donors (Lipinski definition) is 13. The van der Waals surface area contributed by atoms with Crippen LogP contribution in [0.5, 0.6) is 5.75 Å². The minimum atomic E-state index is -2.68. The Morgan fingerprint density at radius 1 is 0.831 bits per heavy atom. The van der Waals surface area contributed by atoms with Gasteiger partial charge in [-0.05, 0) is 60.4 Å². The molecular weight excluding hydrogens is 1200 g/mol. The Balaban J connectivity index is 1.18. The van der Waals surface area contributed by atoms with Crippen LogP contribution in [0.25, 0.3) is 26.0 Å². The van der Waals surface area contributed by atoms with E-state index in [1.807, 2.05) is 0 Å². The molecular formula is C57H56N12O18S2. The summed E-state index contributed by atoms with van der Waals surface area (Å²) in [6.07, 6.45) is -4.59. The predicted octanol–water partition coefficient (Wildman–Crippen LogP) is -4.46. The molecule has 30 nitrogen and oxygen atoms in total. The minimum absolute atomic E-state index is 0.0230. The molecule has 3 aliphatic heterocycles. The fraction of sp³-hybridized carbons (Fsp3) is 0.386. The summed E-state index contributed by atoms with van der Waals surface area (Å²) in [7, 11) is 0. The molecule has 464 valence electrons. The Morgan fingerprint density at radius 3 is 2.16 bits per heavy atom. The third-order valence-electron chi connectivity index (χ3n) is 14.0. The lowest BCUT2D eigenvalue weighted by atomic mass is 9.99. The molecule has 0 saturated carbocycles. The number of carbonyl (C=O) groups excluding carboxylic acids is 7. The second-order valence-electron chi connectivity index (χ2n) is 20.3. The lowest BCUT2D eigenvalue weighted by molar-refractivity contribution is -0.435. The summed E-state index contributed by atoms with van der Waals surface area (Å²) in [6, 6.07) is 0.0334. The van der Waals surface area contributed by atoms with Crippen molar-refractivity contribution in [1.29, 1.82) is 0 Å². The number of carbonyl (C=O) groups is 7. The second-order valence-corrected chi connectivity index (χ2v) is 22.3. The van der Waals surface area contributed by atoms with Gasteiger partial charge in [0.05, 0.1) is 48.5 Å². The largest absolute Gasteiger partial charge is 0.507 e. The van der Waals surface area contributed by atoms with Gasteiger partial charge in [0.15, 0.2) is 11.1 Å². The van der Waals surface area contributed by atoms with Crippen molar-refractivity contribution < 1.29 is 88.1 Å². The summed E-state index contributed by atoms with van der Waals surface area (Å²) < 4.78 is 18.0. The summed E-state index contributed by atoms with van der Waals surface area (Å²) in [5, 5.41) is 116. The number of phenols is 1. The summed E-state index contributed by atoms with van der Waals surface area (Å²) in [4.78, 5) is 105. The van der Waals surface area contributed by atoms with E-state index in [1.165, 1.54) is 59.5 Å². The number of aromatic hydroxyl groups is 1. The lowest BCUT2D eigenvalue weighted by Crippen LogP contribution is -2.64. The maximum Gasteiger partial charge on any atom is 0.251 e. The normalized spacial score (nSPS) is 24.7. The molecule has 13 N–H and O–H groups in total. The lowest BCUT2D eigenvalue weighted by Gasteiger charge is -2.33. The molecule has 8 unspecified atom stereocenters. The van der Waals surface area contributed by atoms with E-state index >= 15 is 0 Å². The number of rotatable bonds is 13. The van der Waals surface area contributed by atoms with Gasteiger partial charge in [-0.2, -0.15) is 9.78 Å². The number of aliphatic hydroxyl groups is 6. The zero-order valence-corrected chi connectivity index (χ0v) is 48.5. The first-order valence-corrected chi connectivity index (χ1v) is 28.6. The van der Waals surface area contributed by atoms with Crippen molar-refractivity contribution in [3.63, 3.8) is 0 Å². The Labute approximate surface area is 513 Å². The van der Waals surface area contributed by atoms with E-state index in [0.29, 0.717) is 21.1 Å². The summed E-state index contributed by atoms with van der Waals surface area (Å²) in [6.45, 7) is 7.42. The summed E-state index contributed by atoms with van der Waals surface area (Å²) >= 11 is -1.50. The Hall–Kier alpha value is -9.62. The van der Waals surface area contributed by atoms with Crippen molar-refractivity contribution in [2.24, 2.45) is 5.92 Å². The maximum atomic E-state index is 14.6. The van der Waals surface area contributed by atoms with Gasteiger partial charge in [-0.1, -0.05) is 45.8 Å². The summed E-state index contributed by atoms with van der Waals surface area (Å²) in [5.41, 5.74) is 1.02. The van der Waals surface area contributed by atoms with Gasteiger partial charge < -0.3 is 77.0 Å². The van der Waals surface area contributed by atoms with Gasteiger partial charge in [0.2, 0.25) is 53.1 Å². The molecule has 3 saturated heterocycles. The van der Waals surface area contributed by atoms with Gasteiger partial charge in [-0.25, -0.2) is 16.0 Å². The highest BCUT2D eigenvalue weighted by Crippen LogP contribution is 2.31. The van der Waals surface area contributed by atoms with Crippen LogP contribution in [-0.4, -0.2) is 215 Å². The molecule has 32 heteroatoms. The number of nitrogens with zero attached hydrogens (tertiary/aromatic N) is 7. The van der Waals surface area contributed by atoms with Crippen molar-refractivity contribution >= 4 is 63.8 Å². The average molecular weight is 1260 g/mol. The van der Waals surface area contributed by atoms with Crippen LogP contribution < -0.4 is 26.6 Å². The number of amides is 7. The SMILES string of the molecule is [C-]#[N+]C[C@@H](O)[C@@H]1NC(=O)C([C@H](O)Cc2ccc(O)c(S(=O)OOO)c2)NC(=O)C2CC(O)CN2C(=O)C(C(C)O)NC(=O)[C@@H](NC(=O)c2ccc(-c3nnc(-c4cnn(C#CC#CC#CC#CC#C)c4)s3)cc2)C[C@H](O)CNC(=O)C2[C@@H](O)C(C)CN2C1=O. The standard InChI is InChI=1S/C57H56N12O18S2/c1-5-6-7-8-9-10-11-12-19-67-28-35(24-60-67)55-66-65-54(88-55)34-16-14-33(15-17-34)49(77)61-38-22-36(71)25-59-53(81)47-48(76)30(2)27-69(47)57(83)46(42(75)26-58-4)64-52(80)45(41(74)20-32-13-18-40(73)43(21-32)89(85)87-86-84)63-51(79)39-23-37(72)29-68(39)56(82)44(31(3)70)62-50(38)78/h1,13-18,21,24,28,30-31,36-39,41-42,44-48,70-76,84H,20,22-23,25-27,29H2,2-3H3,(H,59,81)(H,61,77)(H,62,78)(H,63,79)(H,64,80)/t30?,31?,36-,37?,38-,39?,41+,42+,44?,45?,46-,47?,48-,89?/m0/s1. The number of β-amino-alcohol motifs (C(OH)–C–C–N with tert-alkyl or cyclic N) is 1. The number of phenolic OH excluding ortho intramolecular Hbond substituents is 1. The van der Waals surface area contributed by atoms with Crippen LogP contribution in [0, 0.1) is 72.3 Å². The highest BCUT2D eigenvalue weighted by molar-refractivity contribution is 7.80. The van der Waals surface area contributed by atoms with Crippen LogP contribution in [0.1, 0.15) is 42.6 Å². The van der Waals surface area contributed by atoms with Crippen molar-refractivity contribution in [2.75, 3.05) is 26.2 Å². The van der Waals surface area contributed by atoms with E-state index in [0.717, 1.165) is 28.9 Å². The molecule has 3 aliphatic rings. The first-order chi connectivity index (χ1) is 42.5. The van der Waals surface area contributed by atoms with E-state index in [-0.39, 0.29) is 11.1 Å². The molecule has 2 aromatic heterocycles. The molecule has 0 bridgehead atoms. The van der Waals surface area contributed by atoms with Gasteiger partial charge in [0.1, 0.15) is 51.9 Å². The molecule has 4 aromatic rings. The number of fused-ring (bicyclic) bond motifs is 2. The molecule has 0 radical (unpaired) electrons. The van der Waals surface area contributed by atoms with E-state index in [2.05, 4.69) is 110 Å². The fourth-order valence-corrected chi connectivity index (χ4v) is 11.0.